The Kier molecular flexibility index (Phi) is 24.7. The van der Waals surface area contributed by atoms with Crippen molar-refractivity contribution < 1.29 is 38.2 Å². The molecule has 2 aliphatic carbocycles. The molecule has 4 aromatic carbocycles. The van der Waals surface area contributed by atoms with E-state index < -0.39 is 24.3 Å². The van der Waals surface area contributed by atoms with Gasteiger partial charge in [0.25, 0.3) is 0 Å². The Morgan fingerprint density at radius 2 is 0.722 bits per heavy atom. The number of methoxy groups -OCH3 is 2. The first-order chi connectivity index (χ1) is 52.6. The molecule has 2 saturated carbocycles. The van der Waals surface area contributed by atoms with Gasteiger partial charge in [0.1, 0.15) is 12.1 Å². The van der Waals surface area contributed by atoms with Crippen LogP contribution in [-0.4, -0.2) is 130 Å². The number of nitrogens with one attached hydrogen (secondary N) is 4. The molecule has 8 aliphatic rings. The van der Waals surface area contributed by atoms with E-state index in [1.807, 2.05) is 86.6 Å². The Morgan fingerprint density at radius 1 is 0.407 bits per heavy atom. The molecule has 2 aromatic heterocycles. The first-order valence-corrected chi connectivity index (χ1v) is 38.7. The highest BCUT2D eigenvalue weighted by molar-refractivity contribution is 6.06. The van der Waals surface area contributed by atoms with Crippen LogP contribution in [0.15, 0.2) is 191 Å². The lowest BCUT2D eigenvalue weighted by Crippen LogP contribution is -2.53. The number of carbonyl (C=O) groups excluding carboxylic acids is 6. The van der Waals surface area contributed by atoms with E-state index in [9.17, 15) is 28.8 Å². The molecule has 0 radical (unpaired) electrons. The summed E-state index contributed by atoms with van der Waals surface area (Å²) in [7, 11) is 2.62. The number of benzene rings is 4. The van der Waals surface area contributed by atoms with Crippen LogP contribution in [0, 0.1) is 35.5 Å². The average Bonchev–Trinajstić information content (AvgIpc) is 1.66. The number of rotatable bonds is 22. The Bertz CT molecular complexity index is 4220. The zero-order valence-corrected chi connectivity index (χ0v) is 62.9. The Labute approximate surface area is 634 Å². The van der Waals surface area contributed by atoms with Crippen LogP contribution < -0.4 is 21.3 Å². The summed E-state index contributed by atoms with van der Waals surface area (Å²) in [6.45, 7) is 9.99. The fraction of sp³-hybridized carbons (Fsp3) is 0.409. The van der Waals surface area contributed by atoms with Gasteiger partial charge >= 0.3 is 12.2 Å². The predicted octanol–water partition coefficient (Wildman–Crippen LogP) is 15.2. The van der Waals surface area contributed by atoms with Crippen LogP contribution in [-0.2, 0) is 41.7 Å². The van der Waals surface area contributed by atoms with Crippen molar-refractivity contribution in [2.75, 3.05) is 27.3 Å². The second kappa shape index (κ2) is 35.3. The van der Waals surface area contributed by atoms with Crippen LogP contribution in [0.2, 0.25) is 0 Å². The summed E-state index contributed by atoms with van der Waals surface area (Å²) < 4.78 is 9.54. The maximum Gasteiger partial charge on any atom is 0.407 e. The third-order valence-electron chi connectivity index (χ3n) is 22.8. The van der Waals surface area contributed by atoms with E-state index in [4.69, 9.17) is 29.4 Å². The number of carbonyl (C=O) groups is 6. The molecule has 20 nitrogen and oxygen atoms in total. The molecule has 2 saturated heterocycles. The van der Waals surface area contributed by atoms with Crippen LogP contribution in [0.3, 0.4) is 0 Å². The molecule has 0 bridgehead atoms. The van der Waals surface area contributed by atoms with Crippen molar-refractivity contribution in [3.8, 4) is 22.3 Å². The molecule has 560 valence electrons. The predicted molar refractivity (Wildman–Crippen MR) is 425 cm³/mol. The summed E-state index contributed by atoms with van der Waals surface area (Å²) in [4.78, 5) is 109. The molecule has 6 aromatic rings. The monoisotopic (exact) mass is 1450 g/mol. The van der Waals surface area contributed by atoms with Gasteiger partial charge in [0.2, 0.25) is 23.6 Å². The molecule has 0 unspecified atom stereocenters. The SMILES string of the molecule is COC(=O)N[C@H](C(=O)N1CCC[C@H]1C1=NC=C(c2ccc(-c3ccc(C4=CN=C([C@@H]5CCCC[C@@H]5C(=O)NCc5cccnc5)C4)cc3)cc2)C1)C(C)C.COC(=O)N[C@H](C(=O)N1CCC[C@H]1C1=NC=C(c2ccc(-c3ccc(C4=CN=C([C@H]5CCCC[C@@H]5C(=O)NCc5cccnc5)C4)cc3)cc2)C1)C(C)C. The van der Waals surface area contributed by atoms with E-state index in [0.29, 0.717) is 39.0 Å². The molecule has 6 aliphatic heterocycles. The number of aromatic nitrogens is 2. The highest BCUT2D eigenvalue weighted by Gasteiger charge is 2.42. The standard InChI is InChI=1S/2C44H50N6O4/c2*1-28(2)41(49-44(53)54-3)43(52)50-21-7-11-40(50)39-23-35(27-47-39)33-18-14-31(15-19-33)30-12-16-32(17-13-30)34-22-38(46-26-34)36-9-4-5-10-37(36)42(51)48-25-29-8-6-20-45-24-29/h2*6,8,12-20,24,26-28,36-37,40-41H,4-5,7,9-11,21-23,25H2,1-3H3,(H,48,51)(H,49,53)/t36-,37+,40+,41+;36-,37-,40-,41-/m10/s1. The fourth-order valence-electron chi connectivity index (χ4n) is 16.7. The Morgan fingerprint density at radius 3 is 1.04 bits per heavy atom. The van der Waals surface area contributed by atoms with Gasteiger partial charge in [-0.2, -0.15) is 0 Å². The van der Waals surface area contributed by atoms with E-state index >= 15 is 0 Å². The van der Waals surface area contributed by atoms with E-state index in [2.05, 4.69) is 128 Å². The normalized spacial score (nSPS) is 21.6. The van der Waals surface area contributed by atoms with Crippen molar-refractivity contribution in [1.82, 2.24) is 41.0 Å². The van der Waals surface area contributed by atoms with Crippen LogP contribution in [0.25, 0.3) is 44.5 Å². The molecule has 14 rings (SSSR count). The number of nitrogens with zero attached hydrogens (tertiary/aromatic N) is 8. The van der Waals surface area contributed by atoms with Gasteiger partial charge in [-0.15, -0.1) is 0 Å². The zero-order valence-electron chi connectivity index (χ0n) is 62.9. The van der Waals surface area contributed by atoms with Gasteiger partial charge in [-0.05, 0) is 153 Å². The second-order valence-electron chi connectivity index (χ2n) is 30.4. The first-order valence-electron chi connectivity index (χ1n) is 38.7. The largest absolute Gasteiger partial charge is 0.453 e. The molecule has 108 heavy (non-hydrogen) atoms. The average molecular weight is 1450 g/mol. The zero-order chi connectivity index (χ0) is 75.2. The van der Waals surface area contributed by atoms with Gasteiger partial charge in [-0.25, -0.2) is 9.59 Å². The Hall–Kier alpha value is -10.8. The van der Waals surface area contributed by atoms with E-state index in [0.717, 1.165) is 180 Å². The number of ether oxygens (including phenoxy) is 2. The van der Waals surface area contributed by atoms with E-state index in [1.165, 1.54) is 25.4 Å². The van der Waals surface area contributed by atoms with Crippen LogP contribution >= 0.6 is 0 Å². The number of pyridine rings is 2. The number of likely N-dealkylation sites (tertiary alicyclic amines) is 2. The summed E-state index contributed by atoms with van der Waals surface area (Å²) in [6, 6.07) is 40.9. The van der Waals surface area contributed by atoms with Gasteiger partial charge in [0.15, 0.2) is 0 Å². The van der Waals surface area contributed by atoms with Gasteiger partial charge in [-0.1, -0.05) is 163 Å². The molecule has 4 fully saturated rings. The number of amides is 6. The summed E-state index contributed by atoms with van der Waals surface area (Å²) >= 11 is 0. The molecular formula is C88H100N12O8. The number of hydrogen-bond donors (Lipinski definition) is 4. The van der Waals surface area contributed by atoms with Crippen LogP contribution in [0.5, 0.6) is 0 Å². The minimum Gasteiger partial charge on any atom is -0.453 e. The molecule has 8 heterocycles. The van der Waals surface area contributed by atoms with Crippen molar-refractivity contribution in [1.29, 1.82) is 0 Å². The number of hydrogen-bond acceptors (Lipinski definition) is 14. The smallest absolute Gasteiger partial charge is 0.407 e. The van der Waals surface area contributed by atoms with Gasteiger partial charge in [-0.3, -0.25) is 49.1 Å². The molecule has 4 N–H and O–H groups in total. The van der Waals surface area contributed by atoms with Crippen molar-refractivity contribution in [2.45, 2.75) is 168 Å². The summed E-state index contributed by atoms with van der Waals surface area (Å²) in [5.74, 6) is 0.157. The number of alkyl carbamates (subject to hydrolysis) is 2. The summed E-state index contributed by atoms with van der Waals surface area (Å²) in [5, 5.41) is 11.7. The highest BCUT2D eigenvalue weighted by Crippen LogP contribution is 2.41. The maximum absolute atomic E-state index is 13.6. The summed E-state index contributed by atoms with van der Waals surface area (Å²) in [5.41, 5.74) is 20.0. The lowest BCUT2D eigenvalue weighted by molar-refractivity contribution is -0.134. The van der Waals surface area contributed by atoms with Crippen LogP contribution in [0.4, 0.5) is 9.59 Å². The fourth-order valence-corrected chi connectivity index (χ4v) is 16.7. The lowest BCUT2D eigenvalue weighted by atomic mass is 9.75. The number of allylic oxidation sites excluding steroid dienone is 4. The van der Waals surface area contributed by atoms with E-state index in [-0.39, 0.29) is 71.2 Å². The van der Waals surface area contributed by atoms with Gasteiger partial charge < -0.3 is 40.5 Å². The van der Waals surface area contributed by atoms with Gasteiger partial charge in [0.05, 0.1) is 26.3 Å². The third-order valence-corrected chi connectivity index (χ3v) is 22.8. The van der Waals surface area contributed by atoms with Crippen molar-refractivity contribution in [3.05, 3.63) is 204 Å². The van der Waals surface area contributed by atoms with E-state index in [1.54, 1.807) is 24.8 Å². The minimum absolute atomic E-state index is 0.0497. The van der Waals surface area contributed by atoms with Gasteiger partial charge in [0, 0.05) is 148 Å². The molecule has 20 heteroatoms. The first kappa shape index (κ1) is 75.5. The third kappa shape index (κ3) is 17.9. The molecular weight excluding hydrogens is 1350 g/mol. The topological polar surface area (TPSA) is 251 Å². The van der Waals surface area contributed by atoms with Crippen molar-refractivity contribution in [2.24, 2.45) is 55.5 Å². The molecule has 8 atom stereocenters. The summed E-state index contributed by atoms with van der Waals surface area (Å²) in [6.07, 6.45) is 28.4. The number of aliphatic imine (C=N–C) groups is 4. The van der Waals surface area contributed by atoms with Crippen LogP contribution in [0.1, 0.15) is 164 Å². The molecule has 0 spiro atoms. The minimum atomic E-state index is -0.646. The quantitative estimate of drug-likeness (QED) is 0.0500. The maximum atomic E-state index is 13.6. The Balaban J connectivity index is 0.000000190. The lowest BCUT2D eigenvalue weighted by Gasteiger charge is -2.31. The highest BCUT2D eigenvalue weighted by atomic mass is 16.5. The molecule has 6 amide bonds. The van der Waals surface area contributed by atoms with Crippen molar-refractivity contribution >= 4 is 81.0 Å². The van der Waals surface area contributed by atoms with Crippen molar-refractivity contribution in [3.63, 3.8) is 0 Å². The second-order valence-corrected chi connectivity index (χ2v) is 30.4.